The van der Waals surface area contributed by atoms with E-state index in [0.717, 1.165) is 49.1 Å². The summed E-state index contributed by atoms with van der Waals surface area (Å²) in [6.07, 6.45) is 10.7. The molecule has 6 aromatic heterocycles. The molecule has 0 bridgehead atoms. The molecule has 0 aliphatic heterocycles. The van der Waals surface area contributed by atoms with Crippen LogP contribution in [0.4, 0.5) is 50.4 Å². The van der Waals surface area contributed by atoms with E-state index in [2.05, 4.69) is 64.0 Å². The van der Waals surface area contributed by atoms with Crippen LogP contribution in [0.15, 0.2) is 145 Å². The molecule has 7 rings (SSSR count). The van der Waals surface area contributed by atoms with Gasteiger partial charge in [0.15, 0.2) is 0 Å². The van der Waals surface area contributed by atoms with Gasteiger partial charge >= 0.3 is 85.5 Å². The topological polar surface area (TPSA) is 77.3 Å². The van der Waals surface area contributed by atoms with Crippen molar-refractivity contribution in [1.29, 1.82) is 0 Å². The van der Waals surface area contributed by atoms with Crippen molar-refractivity contribution in [2.75, 3.05) is 0 Å². The van der Waals surface area contributed by atoms with Crippen LogP contribution >= 0.6 is 31.5 Å². The van der Waals surface area contributed by atoms with Gasteiger partial charge in [0.05, 0.1) is 33.8 Å². The van der Waals surface area contributed by atoms with Gasteiger partial charge in [-0.3, -0.25) is 29.9 Å². The maximum absolute atomic E-state index is 10.7. The van der Waals surface area contributed by atoms with E-state index in [4.69, 9.17) is 0 Å². The fourth-order valence-electron chi connectivity index (χ4n) is 3.77. The molecule has 0 saturated carbocycles. The summed E-state index contributed by atoms with van der Waals surface area (Å²) in [5.74, 6) is 0. The minimum absolute atomic E-state index is 0. The Labute approximate surface area is 319 Å². The van der Waals surface area contributed by atoms with Crippen LogP contribution in [0.2, 0.25) is 0 Å². The number of aromatic nitrogens is 6. The van der Waals surface area contributed by atoms with E-state index in [1.54, 1.807) is 37.2 Å². The standard InChI is InChI=1S/C12H7BrN2.2C10H8N2.2F6P.Ru/c13-10-6-9-4-3-8-2-1-5-14-11(8)12(9)15-7-10;2*1-3-7-11-9(5-1)10-6-2-4-8-12-10;2*1-7(2,3,4,5)6;/h1-7H;2*1-8H;;;/q;;;2*-1;+2. The molecule has 0 radical (unpaired) electrons. The Morgan fingerprint density at radius 2 is 0.685 bits per heavy atom. The van der Waals surface area contributed by atoms with Gasteiger partial charge in [0.1, 0.15) is 0 Å². The number of halogens is 13. The molecule has 0 fully saturated rings. The average molecular weight is 962 g/mol. The largest absolute Gasteiger partial charge is 2.00 e. The minimum atomic E-state index is -10.7. The van der Waals surface area contributed by atoms with Crippen LogP contribution in [0.1, 0.15) is 0 Å². The summed E-state index contributed by atoms with van der Waals surface area (Å²) >= 11 is 3.41. The van der Waals surface area contributed by atoms with E-state index in [1.165, 1.54) is 0 Å². The molecule has 0 unspecified atom stereocenters. The third-order valence-electron chi connectivity index (χ3n) is 5.57. The number of pyridine rings is 6. The summed E-state index contributed by atoms with van der Waals surface area (Å²) < 4.78 is 119. The molecule has 0 aliphatic carbocycles. The van der Waals surface area contributed by atoms with E-state index < -0.39 is 15.6 Å². The SMILES string of the molecule is Brc1cnc2c(ccc3cccnc32)c1.F[P-](F)(F)(F)(F)F.F[P-](F)(F)(F)(F)F.[Ru+2].c1ccc(-c2ccccn2)nc1.c1ccc(-c2ccccn2)nc1. The summed E-state index contributed by atoms with van der Waals surface area (Å²) in [4.78, 5) is 25.5. The molecule has 22 heteroatoms. The van der Waals surface area contributed by atoms with E-state index in [1.807, 2.05) is 84.9 Å². The zero-order valence-corrected chi connectivity index (χ0v) is 31.7. The summed E-state index contributed by atoms with van der Waals surface area (Å²) in [5.41, 5.74) is 5.58. The average Bonchev–Trinajstić information content (AvgIpc) is 3.07. The van der Waals surface area contributed by atoms with Gasteiger partial charge < -0.3 is 0 Å². The molecule has 6 nitrogen and oxygen atoms in total. The van der Waals surface area contributed by atoms with E-state index in [-0.39, 0.29) is 19.5 Å². The number of hydrogen-bond acceptors (Lipinski definition) is 6. The fraction of sp³-hybridized carbons (Fsp3) is 0. The molecule has 6 heterocycles. The van der Waals surface area contributed by atoms with E-state index >= 15 is 0 Å². The zero-order valence-electron chi connectivity index (χ0n) is 26.6. The van der Waals surface area contributed by atoms with Crippen molar-refractivity contribution in [2.45, 2.75) is 0 Å². The van der Waals surface area contributed by atoms with Crippen LogP contribution < -0.4 is 0 Å². The molecule has 0 N–H and O–H groups in total. The molecule has 290 valence electrons. The second-order valence-electron chi connectivity index (χ2n) is 10.1. The van der Waals surface area contributed by atoms with Crippen LogP contribution in [0, 0.1) is 0 Å². The number of hydrogen-bond donors (Lipinski definition) is 0. The summed E-state index contributed by atoms with van der Waals surface area (Å²) in [5, 5.41) is 2.23. The second-order valence-corrected chi connectivity index (χ2v) is 14.9. The first-order valence-electron chi connectivity index (χ1n) is 14.2. The molecule has 0 spiro atoms. The molecular weight excluding hydrogens is 939 g/mol. The van der Waals surface area contributed by atoms with Crippen LogP contribution in [0.3, 0.4) is 0 Å². The molecule has 7 aromatic rings. The van der Waals surface area contributed by atoms with Gasteiger partial charge in [-0.1, -0.05) is 42.5 Å². The summed E-state index contributed by atoms with van der Waals surface area (Å²) in [7, 11) is -21.3. The molecule has 1 aromatic carbocycles. The molecule has 0 atom stereocenters. The first kappa shape index (κ1) is 45.9. The van der Waals surface area contributed by atoms with Gasteiger partial charge in [0.2, 0.25) is 0 Å². The van der Waals surface area contributed by atoms with Crippen LogP contribution in [0.25, 0.3) is 44.6 Å². The molecule has 54 heavy (non-hydrogen) atoms. The fourth-order valence-corrected chi connectivity index (χ4v) is 4.12. The Hall–Kier alpha value is -4.24. The van der Waals surface area contributed by atoms with Crippen molar-refractivity contribution in [3.05, 3.63) is 145 Å². The van der Waals surface area contributed by atoms with Crippen molar-refractivity contribution in [3.8, 4) is 22.8 Å². The van der Waals surface area contributed by atoms with Crippen LogP contribution in [-0.4, -0.2) is 29.9 Å². The predicted octanol–water partition coefficient (Wildman–Crippen LogP) is 14.6. The predicted molar refractivity (Wildman–Crippen MR) is 187 cm³/mol. The van der Waals surface area contributed by atoms with E-state index in [0.29, 0.717) is 0 Å². The Morgan fingerprint density at radius 3 is 1.02 bits per heavy atom. The first-order valence-corrected chi connectivity index (χ1v) is 19.1. The van der Waals surface area contributed by atoms with Crippen molar-refractivity contribution >= 4 is 53.4 Å². The van der Waals surface area contributed by atoms with Gasteiger partial charge in [-0.25, -0.2) is 0 Å². The molecular formula is C32H23BrF12N6P2Ru. The van der Waals surface area contributed by atoms with Crippen molar-refractivity contribution in [1.82, 2.24) is 29.9 Å². The van der Waals surface area contributed by atoms with Gasteiger partial charge in [-0.2, -0.15) is 0 Å². The van der Waals surface area contributed by atoms with Crippen molar-refractivity contribution in [2.24, 2.45) is 0 Å². The third-order valence-corrected chi connectivity index (χ3v) is 6.01. The van der Waals surface area contributed by atoms with Crippen LogP contribution in [-0.2, 0) is 19.5 Å². The molecule has 0 amide bonds. The normalized spacial score (nSPS) is 13.4. The Bertz CT molecular complexity index is 2030. The Balaban J connectivity index is 0.000000240. The summed E-state index contributed by atoms with van der Waals surface area (Å²) in [6, 6.07) is 33.4. The quantitative estimate of drug-likeness (QED) is 0.0743. The van der Waals surface area contributed by atoms with Crippen molar-refractivity contribution in [3.63, 3.8) is 0 Å². The Morgan fingerprint density at radius 1 is 0.370 bits per heavy atom. The van der Waals surface area contributed by atoms with Crippen molar-refractivity contribution < 1.29 is 69.8 Å². The van der Waals surface area contributed by atoms with E-state index in [9.17, 15) is 50.4 Å². The van der Waals surface area contributed by atoms with Gasteiger partial charge in [0.25, 0.3) is 0 Å². The monoisotopic (exact) mass is 962 g/mol. The van der Waals surface area contributed by atoms with Gasteiger partial charge in [-0.15, -0.1) is 0 Å². The summed E-state index contributed by atoms with van der Waals surface area (Å²) in [6.45, 7) is 0. The number of nitrogens with zero attached hydrogens (tertiary/aromatic N) is 6. The molecule has 0 saturated heterocycles. The van der Waals surface area contributed by atoms with Gasteiger partial charge in [-0.05, 0) is 76.6 Å². The smallest absolute Gasteiger partial charge is 0.255 e. The first-order chi connectivity index (χ1) is 24.2. The Kier molecular flexibility index (Phi) is 14.2. The van der Waals surface area contributed by atoms with Crippen LogP contribution in [0.5, 0.6) is 0 Å². The second kappa shape index (κ2) is 16.6. The molecule has 0 aliphatic rings. The minimum Gasteiger partial charge on any atom is -0.255 e. The zero-order chi connectivity index (χ0) is 39.5. The maximum Gasteiger partial charge on any atom is 2.00 e. The maximum atomic E-state index is 9.87. The van der Waals surface area contributed by atoms with Gasteiger partial charge in [0, 0.05) is 52.4 Å². The number of rotatable bonds is 2. The number of fused-ring (bicyclic) bond motifs is 3. The third kappa shape index (κ3) is 22.1. The number of benzene rings is 1.